The Labute approximate surface area is 151 Å². The summed E-state index contributed by atoms with van der Waals surface area (Å²) in [7, 11) is 0. The Balaban J connectivity index is 1.52. The molecule has 0 radical (unpaired) electrons. The Morgan fingerprint density at radius 1 is 1.23 bits per heavy atom. The second-order valence-corrected chi connectivity index (χ2v) is 6.30. The maximum absolute atomic E-state index is 12.5. The third kappa shape index (κ3) is 4.30. The number of benzene rings is 1. The number of amides is 3. The van der Waals surface area contributed by atoms with Gasteiger partial charge in [-0.3, -0.25) is 14.4 Å². The fourth-order valence-electron chi connectivity index (χ4n) is 2.94. The van der Waals surface area contributed by atoms with Crippen molar-refractivity contribution in [3.8, 4) is 0 Å². The lowest BCUT2D eigenvalue weighted by Crippen LogP contribution is -2.42. The number of hydrogen-bond acceptors (Lipinski definition) is 4. The standard InChI is InChI=1S/C19H21N3O4/c1-13(11-14-5-4-10-26-14)20-17(23)8-9-19(25)22-12-18(24)21-15-6-2-3-7-16(15)22/h2-7,10,13H,8-9,11-12H2,1H3,(H,20,23)(H,21,24). The van der Waals surface area contributed by atoms with Crippen molar-refractivity contribution in [2.24, 2.45) is 0 Å². The fraction of sp³-hybridized carbons (Fsp3) is 0.316. The molecule has 1 aliphatic heterocycles. The average Bonchev–Trinajstić information content (AvgIpc) is 3.11. The quantitative estimate of drug-likeness (QED) is 0.830. The van der Waals surface area contributed by atoms with Gasteiger partial charge in [-0.2, -0.15) is 0 Å². The van der Waals surface area contributed by atoms with Crippen LogP contribution in [-0.2, 0) is 20.8 Å². The van der Waals surface area contributed by atoms with Crippen LogP contribution in [-0.4, -0.2) is 30.3 Å². The summed E-state index contributed by atoms with van der Waals surface area (Å²) in [5.74, 6) is 0.103. The van der Waals surface area contributed by atoms with Crippen molar-refractivity contribution in [1.82, 2.24) is 5.32 Å². The molecule has 2 aromatic rings. The molecule has 2 N–H and O–H groups in total. The molecule has 1 aromatic carbocycles. The zero-order valence-electron chi connectivity index (χ0n) is 14.5. The maximum atomic E-state index is 12.5. The Bertz CT molecular complexity index is 801. The predicted molar refractivity (Wildman–Crippen MR) is 96.7 cm³/mol. The van der Waals surface area contributed by atoms with Crippen LogP contribution in [0.2, 0.25) is 0 Å². The highest BCUT2D eigenvalue weighted by molar-refractivity contribution is 6.10. The minimum absolute atomic E-state index is 0.0354. The Morgan fingerprint density at radius 3 is 2.81 bits per heavy atom. The first kappa shape index (κ1) is 17.7. The molecule has 0 aliphatic carbocycles. The third-order valence-corrected chi connectivity index (χ3v) is 4.13. The number of furan rings is 1. The fourth-order valence-corrected chi connectivity index (χ4v) is 2.94. The van der Waals surface area contributed by atoms with E-state index in [0.29, 0.717) is 17.8 Å². The molecule has 0 saturated carbocycles. The summed E-state index contributed by atoms with van der Waals surface area (Å²) in [4.78, 5) is 37.8. The first-order chi connectivity index (χ1) is 12.5. The maximum Gasteiger partial charge on any atom is 0.244 e. The van der Waals surface area contributed by atoms with E-state index < -0.39 is 0 Å². The molecule has 1 aromatic heterocycles. The van der Waals surface area contributed by atoms with Crippen LogP contribution in [0.15, 0.2) is 47.1 Å². The summed E-state index contributed by atoms with van der Waals surface area (Å²) >= 11 is 0. The number of nitrogens with one attached hydrogen (secondary N) is 2. The smallest absolute Gasteiger partial charge is 0.244 e. The van der Waals surface area contributed by atoms with E-state index in [9.17, 15) is 14.4 Å². The van der Waals surface area contributed by atoms with Crippen LogP contribution in [0.1, 0.15) is 25.5 Å². The lowest BCUT2D eigenvalue weighted by Gasteiger charge is -2.29. The van der Waals surface area contributed by atoms with Crippen molar-refractivity contribution in [1.29, 1.82) is 0 Å². The molecule has 3 amide bonds. The van der Waals surface area contributed by atoms with E-state index in [2.05, 4.69) is 10.6 Å². The highest BCUT2D eigenvalue weighted by Crippen LogP contribution is 2.29. The SMILES string of the molecule is CC(Cc1ccco1)NC(=O)CCC(=O)N1CC(=O)Nc2ccccc21. The second-order valence-electron chi connectivity index (χ2n) is 6.30. The molecule has 0 bridgehead atoms. The van der Waals surface area contributed by atoms with E-state index in [0.717, 1.165) is 5.76 Å². The molecule has 1 unspecified atom stereocenters. The zero-order valence-corrected chi connectivity index (χ0v) is 14.5. The van der Waals surface area contributed by atoms with Gasteiger partial charge in [0.15, 0.2) is 0 Å². The van der Waals surface area contributed by atoms with Crippen molar-refractivity contribution in [3.63, 3.8) is 0 Å². The number of para-hydroxylation sites is 2. The van der Waals surface area contributed by atoms with Gasteiger partial charge in [0, 0.05) is 25.3 Å². The van der Waals surface area contributed by atoms with Gasteiger partial charge in [-0.25, -0.2) is 0 Å². The van der Waals surface area contributed by atoms with Crippen LogP contribution in [0, 0.1) is 0 Å². The van der Waals surface area contributed by atoms with Gasteiger partial charge in [-0.1, -0.05) is 12.1 Å². The first-order valence-electron chi connectivity index (χ1n) is 8.54. The number of fused-ring (bicyclic) bond motifs is 1. The highest BCUT2D eigenvalue weighted by Gasteiger charge is 2.26. The van der Waals surface area contributed by atoms with Gasteiger partial charge >= 0.3 is 0 Å². The summed E-state index contributed by atoms with van der Waals surface area (Å²) in [6.07, 6.45) is 2.30. The number of anilines is 2. The van der Waals surface area contributed by atoms with E-state index in [-0.39, 0.29) is 43.1 Å². The van der Waals surface area contributed by atoms with E-state index in [1.54, 1.807) is 36.6 Å². The van der Waals surface area contributed by atoms with E-state index >= 15 is 0 Å². The van der Waals surface area contributed by atoms with Crippen molar-refractivity contribution in [2.75, 3.05) is 16.8 Å². The predicted octanol–water partition coefficient (Wildman–Crippen LogP) is 2.09. The molecule has 1 aliphatic rings. The van der Waals surface area contributed by atoms with Crippen molar-refractivity contribution in [2.45, 2.75) is 32.2 Å². The van der Waals surface area contributed by atoms with Crippen LogP contribution in [0.3, 0.4) is 0 Å². The molecular formula is C19H21N3O4. The number of carbonyl (C=O) groups is 3. The van der Waals surface area contributed by atoms with E-state index in [1.807, 2.05) is 13.0 Å². The van der Waals surface area contributed by atoms with Crippen LogP contribution >= 0.6 is 0 Å². The lowest BCUT2D eigenvalue weighted by atomic mass is 10.1. The van der Waals surface area contributed by atoms with Crippen LogP contribution in [0.5, 0.6) is 0 Å². The summed E-state index contributed by atoms with van der Waals surface area (Å²) in [6.45, 7) is 1.85. The molecule has 0 fully saturated rings. The van der Waals surface area contributed by atoms with Crippen molar-refractivity contribution < 1.29 is 18.8 Å². The highest BCUT2D eigenvalue weighted by atomic mass is 16.3. The van der Waals surface area contributed by atoms with Gasteiger partial charge in [-0.05, 0) is 31.2 Å². The van der Waals surface area contributed by atoms with E-state index in [4.69, 9.17) is 4.42 Å². The Hall–Kier alpha value is -3.09. The number of carbonyl (C=O) groups excluding carboxylic acids is 3. The minimum atomic E-state index is -0.249. The topological polar surface area (TPSA) is 91.7 Å². The van der Waals surface area contributed by atoms with Crippen molar-refractivity contribution in [3.05, 3.63) is 48.4 Å². The molecule has 136 valence electrons. The van der Waals surface area contributed by atoms with Gasteiger partial charge < -0.3 is 20.0 Å². The van der Waals surface area contributed by atoms with E-state index in [1.165, 1.54) is 4.90 Å². The summed E-state index contributed by atoms with van der Waals surface area (Å²) in [5, 5.41) is 5.59. The van der Waals surface area contributed by atoms with Gasteiger partial charge in [-0.15, -0.1) is 0 Å². The lowest BCUT2D eigenvalue weighted by molar-refractivity contribution is -0.126. The van der Waals surface area contributed by atoms with Gasteiger partial charge in [0.2, 0.25) is 17.7 Å². The zero-order chi connectivity index (χ0) is 18.5. The molecule has 7 heteroatoms. The normalized spacial score (nSPS) is 14.3. The summed E-state index contributed by atoms with van der Waals surface area (Å²) in [6, 6.07) is 10.7. The number of rotatable bonds is 6. The molecule has 1 atom stereocenters. The molecular weight excluding hydrogens is 334 g/mol. The van der Waals surface area contributed by atoms with Crippen LogP contribution in [0.25, 0.3) is 0 Å². The third-order valence-electron chi connectivity index (χ3n) is 4.13. The van der Waals surface area contributed by atoms with Gasteiger partial charge in [0.1, 0.15) is 12.3 Å². The molecule has 3 rings (SSSR count). The van der Waals surface area contributed by atoms with Crippen LogP contribution < -0.4 is 15.5 Å². The average molecular weight is 355 g/mol. The summed E-state index contributed by atoms with van der Waals surface area (Å²) in [5.41, 5.74) is 1.26. The number of nitrogens with zero attached hydrogens (tertiary/aromatic N) is 1. The Kier molecular flexibility index (Phi) is 5.36. The summed E-state index contributed by atoms with van der Waals surface area (Å²) < 4.78 is 5.26. The molecule has 0 spiro atoms. The Morgan fingerprint density at radius 2 is 2.04 bits per heavy atom. The van der Waals surface area contributed by atoms with Crippen molar-refractivity contribution >= 4 is 29.1 Å². The largest absolute Gasteiger partial charge is 0.469 e. The monoisotopic (exact) mass is 355 g/mol. The first-order valence-corrected chi connectivity index (χ1v) is 8.54. The second kappa shape index (κ2) is 7.86. The minimum Gasteiger partial charge on any atom is -0.469 e. The molecule has 2 heterocycles. The van der Waals surface area contributed by atoms with Gasteiger partial charge in [0.25, 0.3) is 0 Å². The molecule has 0 saturated heterocycles. The molecule has 26 heavy (non-hydrogen) atoms. The molecule has 7 nitrogen and oxygen atoms in total. The van der Waals surface area contributed by atoms with Gasteiger partial charge in [0.05, 0.1) is 17.6 Å². The number of hydrogen-bond donors (Lipinski definition) is 2. The van der Waals surface area contributed by atoms with Crippen LogP contribution in [0.4, 0.5) is 11.4 Å².